The minimum Gasteiger partial charge on any atom is -0.494 e. The van der Waals surface area contributed by atoms with Gasteiger partial charge in [-0.3, -0.25) is 0 Å². The lowest BCUT2D eigenvalue weighted by atomic mass is 9.81. The van der Waals surface area contributed by atoms with Crippen LogP contribution in [0.25, 0.3) is 10.8 Å². The Bertz CT molecular complexity index is 753. The molecule has 146 valence electrons. The first-order chi connectivity index (χ1) is 13.2. The Morgan fingerprint density at radius 1 is 1.11 bits per heavy atom. The Morgan fingerprint density at radius 3 is 2.59 bits per heavy atom. The van der Waals surface area contributed by atoms with E-state index in [2.05, 4.69) is 42.6 Å². The molecule has 27 heavy (non-hydrogen) atoms. The fraction of sp³-hybridized carbons (Fsp3) is 0.522. The zero-order valence-corrected chi connectivity index (χ0v) is 16.4. The molecule has 1 aliphatic rings. The van der Waals surface area contributed by atoms with Crippen LogP contribution in [-0.4, -0.2) is 12.6 Å². The van der Waals surface area contributed by atoms with Crippen LogP contribution < -0.4 is 15.8 Å². The van der Waals surface area contributed by atoms with E-state index >= 15 is 0 Å². The molecule has 0 aromatic heterocycles. The first-order valence-electron chi connectivity index (χ1n) is 10.4. The zero-order chi connectivity index (χ0) is 19.1. The summed E-state index contributed by atoms with van der Waals surface area (Å²) in [4.78, 5) is 11.6. The van der Waals surface area contributed by atoms with Gasteiger partial charge in [0.15, 0.2) is 0 Å². The summed E-state index contributed by atoms with van der Waals surface area (Å²) in [7, 11) is 0. The first-order valence-corrected chi connectivity index (χ1v) is 10.4. The Kier molecular flexibility index (Phi) is 6.97. The fourth-order valence-corrected chi connectivity index (χ4v) is 4.16. The molecule has 3 rings (SSSR count). The Balaban J connectivity index is 1.77. The molecule has 0 aliphatic heterocycles. The maximum Gasteiger partial charge on any atom is 0.312 e. The Hall–Kier alpha value is -2.23. The molecule has 1 fully saturated rings. The number of fused-ring (bicyclic) bond motifs is 1. The van der Waals surface area contributed by atoms with E-state index in [-0.39, 0.29) is 6.04 Å². The lowest BCUT2D eigenvalue weighted by molar-refractivity contribution is 0.229. The van der Waals surface area contributed by atoms with Gasteiger partial charge in [-0.2, -0.15) is 0 Å². The second kappa shape index (κ2) is 9.63. The number of carbonyl (C=O) groups excluding carboxylic acids is 1. The minimum absolute atomic E-state index is 0.00262. The number of unbranched alkanes of at least 4 members (excludes halogenated alkanes) is 2. The van der Waals surface area contributed by atoms with Gasteiger partial charge in [0, 0.05) is 0 Å². The van der Waals surface area contributed by atoms with Crippen molar-refractivity contribution in [1.29, 1.82) is 0 Å². The van der Waals surface area contributed by atoms with Crippen LogP contribution in [-0.2, 0) is 0 Å². The number of carbonyl (C=O) groups is 1. The van der Waals surface area contributed by atoms with Crippen molar-refractivity contribution in [3.8, 4) is 5.75 Å². The van der Waals surface area contributed by atoms with Gasteiger partial charge in [0.25, 0.3) is 0 Å². The summed E-state index contributed by atoms with van der Waals surface area (Å²) < 4.78 is 5.87. The van der Waals surface area contributed by atoms with Crippen molar-refractivity contribution in [2.75, 3.05) is 6.61 Å². The van der Waals surface area contributed by atoms with Crippen LogP contribution in [0.15, 0.2) is 36.4 Å². The molecule has 1 unspecified atom stereocenters. The van der Waals surface area contributed by atoms with Crippen LogP contribution >= 0.6 is 0 Å². The number of rotatable bonds is 8. The number of nitrogens with one attached hydrogen (secondary N) is 1. The quantitative estimate of drug-likeness (QED) is 0.587. The molecule has 4 nitrogen and oxygen atoms in total. The highest BCUT2D eigenvalue weighted by atomic mass is 16.5. The van der Waals surface area contributed by atoms with Gasteiger partial charge in [-0.25, -0.2) is 4.79 Å². The van der Waals surface area contributed by atoms with Gasteiger partial charge in [-0.05, 0) is 59.7 Å². The number of primary amides is 1. The molecule has 0 radical (unpaired) electrons. The molecule has 0 saturated heterocycles. The van der Waals surface area contributed by atoms with E-state index in [1.807, 2.05) is 6.07 Å². The van der Waals surface area contributed by atoms with Crippen molar-refractivity contribution < 1.29 is 9.53 Å². The molecule has 2 aromatic rings. The highest BCUT2D eigenvalue weighted by Crippen LogP contribution is 2.35. The molecule has 3 N–H and O–H groups in total. The monoisotopic (exact) mass is 368 g/mol. The number of hydrogen-bond donors (Lipinski definition) is 2. The highest BCUT2D eigenvalue weighted by molar-refractivity contribution is 5.85. The number of hydrogen-bond acceptors (Lipinski definition) is 2. The Labute approximate surface area is 162 Å². The number of amides is 2. The van der Waals surface area contributed by atoms with Gasteiger partial charge in [0.2, 0.25) is 0 Å². The first kappa shape index (κ1) is 19.5. The van der Waals surface area contributed by atoms with Crippen LogP contribution in [0.2, 0.25) is 0 Å². The summed E-state index contributed by atoms with van der Waals surface area (Å²) in [6, 6.07) is 12.2. The van der Waals surface area contributed by atoms with E-state index < -0.39 is 6.03 Å². The molecule has 2 aromatic carbocycles. The van der Waals surface area contributed by atoms with Crippen LogP contribution in [0.1, 0.15) is 69.9 Å². The van der Waals surface area contributed by atoms with Gasteiger partial charge in [0.1, 0.15) is 5.75 Å². The lowest BCUT2D eigenvalue weighted by Gasteiger charge is -2.31. The molecule has 1 aliphatic carbocycles. The number of nitrogens with two attached hydrogens (primary N) is 1. The highest BCUT2D eigenvalue weighted by Gasteiger charge is 2.26. The van der Waals surface area contributed by atoms with Gasteiger partial charge >= 0.3 is 6.03 Å². The largest absolute Gasteiger partial charge is 0.494 e. The average molecular weight is 369 g/mol. The standard InChI is InChI=1S/C23H32N2O2/c1-2-3-7-14-27-21-13-12-18-15-20(11-10-19(18)16-21)22(25-23(24)26)17-8-5-4-6-9-17/h10-13,15-17,22H,2-9,14H2,1H3,(H3,24,25,26). The van der Waals surface area contributed by atoms with Crippen molar-refractivity contribution in [2.24, 2.45) is 11.7 Å². The van der Waals surface area contributed by atoms with Gasteiger partial charge in [0.05, 0.1) is 12.6 Å². The number of benzene rings is 2. The molecule has 0 bridgehead atoms. The number of ether oxygens (including phenoxy) is 1. The van der Waals surface area contributed by atoms with Gasteiger partial charge < -0.3 is 15.8 Å². The maximum absolute atomic E-state index is 11.6. The third-order valence-corrected chi connectivity index (χ3v) is 5.63. The van der Waals surface area contributed by atoms with Gasteiger partial charge in [-0.15, -0.1) is 0 Å². The predicted molar refractivity (Wildman–Crippen MR) is 111 cm³/mol. The van der Waals surface area contributed by atoms with Crippen LogP contribution in [0.5, 0.6) is 5.75 Å². The molecule has 0 heterocycles. The molecule has 4 heteroatoms. The average Bonchev–Trinajstić information content (AvgIpc) is 2.69. The summed E-state index contributed by atoms with van der Waals surface area (Å²) in [6.45, 7) is 2.96. The summed E-state index contributed by atoms with van der Waals surface area (Å²) >= 11 is 0. The molecule has 1 saturated carbocycles. The SMILES string of the molecule is CCCCCOc1ccc2cc(C(NC(N)=O)C3CCCCC3)ccc2c1. The topological polar surface area (TPSA) is 64.3 Å². The summed E-state index contributed by atoms with van der Waals surface area (Å²) in [5.74, 6) is 1.38. The van der Waals surface area contributed by atoms with E-state index in [9.17, 15) is 4.79 Å². The number of urea groups is 1. The summed E-state index contributed by atoms with van der Waals surface area (Å²) in [6.07, 6.45) is 9.54. The van der Waals surface area contributed by atoms with Crippen molar-refractivity contribution >= 4 is 16.8 Å². The van der Waals surface area contributed by atoms with E-state index in [0.717, 1.165) is 42.6 Å². The predicted octanol–water partition coefficient (Wildman–Crippen LogP) is 5.70. The lowest BCUT2D eigenvalue weighted by Crippen LogP contribution is -2.37. The fourth-order valence-electron chi connectivity index (χ4n) is 4.16. The van der Waals surface area contributed by atoms with E-state index in [1.165, 1.54) is 37.5 Å². The van der Waals surface area contributed by atoms with Crippen LogP contribution in [0.4, 0.5) is 4.79 Å². The molecular formula is C23H32N2O2. The van der Waals surface area contributed by atoms with E-state index in [4.69, 9.17) is 10.5 Å². The second-order valence-electron chi connectivity index (χ2n) is 7.71. The summed E-state index contributed by atoms with van der Waals surface area (Å²) in [5.41, 5.74) is 6.61. The van der Waals surface area contributed by atoms with Gasteiger partial charge in [-0.1, -0.05) is 57.2 Å². The molecular weight excluding hydrogens is 336 g/mol. The third kappa shape index (κ3) is 5.38. The Morgan fingerprint density at radius 2 is 1.85 bits per heavy atom. The smallest absolute Gasteiger partial charge is 0.312 e. The second-order valence-corrected chi connectivity index (χ2v) is 7.71. The van der Waals surface area contributed by atoms with Crippen molar-refractivity contribution in [3.63, 3.8) is 0 Å². The third-order valence-electron chi connectivity index (χ3n) is 5.63. The van der Waals surface area contributed by atoms with E-state index in [0.29, 0.717) is 5.92 Å². The summed E-state index contributed by atoms with van der Waals surface area (Å²) in [5, 5.41) is 5.32. The normalized spacial score (nSPS) is 16.2. The molecule has 2 amide bonds. The minimum atomic E-state index is -0.443. The van der Waals surface area contributed by atoms with Crippen molar-refractivity contribution in [3.05, 3.63) is 42.0 Å². The zero-order valence-electron chi connectivity index (χ0n) is 16.4. The molecule has 0 spiro atoms. The van der Waals surface area contributed by atoms with Crippen molar-refractivity contribution in [2.45, 2.75) is 64.3 Å². The van der Waals surface area contributed by atoms with E-state index in [1.54, 1.807) is 0 Å². The maximum atomic E-state index is 11.6. The van der Waals surface area contributed by atoms with Crippen LogP contribution in [0.3, 0.4) is 0 Å². The van der Waals surface area contributed by atoms with Crippen LogP contribution in [0, 0.1) is 5.92 Å². The van der Waals surface area contributed by atoms with Crippen molar-refractivity contribution in [1.82, 2.24) is 5.32 Å². The molecule has 1 atom stereocenters.